The second kappa shape index (κ2) is 10.00. The van der Waals surface area contributed by atoms with Crippen LogP contribution in [0.5, 0.6) is 0 Å². The molecule has 0 atom stereocenters. The Bertz CT molecular complexity index is 1590. The molecule has 190 valence electrons. The van der Waals surface area contributed by atoms with Gasteiger partial charge in [-0.3, -0.25) is 10.2 Å². The molecule has 0 aliphatic rings. The molecule has 4 aromatic rings. The number of aromatic nitrogens is 2. The molecule has 0 unspecified atom stereocenters. The number of sulfonamides is 1. The number of carbonyl (C=O) groups is 1. The first-order valence-electron chi connectivity index (χ1n) is 11.5. The fraction of sp³-hybridized carbons (Fsp3) is 0.148. The Kier molecular flexibility index (Phi) is 6.97. The van der Waals surface area contributed by atoms with Crippen LogP contribution >= 0.6 is 0 Å². The fourth-order valence-corrected chi connectivity index (χ4v) is 5.45. The Morgan fingerprint density at radius 1 is 0.973 bits per heavy atom. The maximum absolute atomic E-state index is 13.2. The van der Waals surface area contributed by atoms with Crippen molar-refractivity contribution in [3.8, 4) is 16.8 Å². The van der Waals surface area contributed by atoms with E-state index in [2.05, 4.69) is 15.0 Å². The zero-order valence-electron chi connectivity index (χ0n) is 20.7. The van der Waals surface area contributed by atoms with Gasteiger partial charge in [-0.1, -0.05) is 48.5 Å². The number of nitrogens with one attached hydrogen (secondary N) is 3. The number of nitrogens with two attached hydrogens (primary N) is 1. The minimum absolute atomic E-state index is 0.0588. The van der Waals surface area contributed by atoms with Gasteiger partial charge in [-0.15, -0.1) is 0 Å². The Hall–Kier alpha value is -4.28. The van der Waals surface area contributed by atoms with Crippen LogP contribution in [0.4, 0.5) is 5.69 Å². The van der Waals surface area contributed by atoms with Crippen LogP contribution in [0.15, 0.2) is 90.2 Å². The number of amidine groups is 1. The average Bonchev–Trinajstić information content (AvgIpc) is 3.34. The highest BCUT2D eigenvalue weighted by Crippen LogP contribution is 2.33. The summed E-state index contributed by atoms with van der Waals surface area (Å²) in [5.41, 5.74) is 7.80. The van der Waals surface area contributed by atoms with Gasteiger partial charge in [0.05, 0.1) is 4.90 Å². The van der Waals surface area contributed by atoms with Crippen LogP contribution in [0.25, 0.3) is 16.8 Å². The number of imidazole rings is 1. The molecule has 0 radical (unpaired) electrons. The third-order valence-electron chi connectivity index (χ3n) is 5.35. The van der Waals surface area contributed by atoms with E-state index in [-0.39, 0.29) is 16.4 Å². The van der Waals surface area contributed by atoms with E-state index in [1.54, 1.807) is 98.3 Å². The molecule has 3 aromatic carbocycles. The number of rotatable bonds is 7. The van der Waals surface area contributed by atoms with Gasteiger partial charge in [0, 0.05) is 39.8 Å². The van der Waals surface area contributed by atoms with E-state index >= 15 is 0 Å². The summed E-state index contributed by atoms with van der Waals surface area (Å²) in [6.07, 6.45) is 3.07. The van der Waals surface area contributed by atoms with E-state index in [1.807, 2.05) is 6.07 Å². The summed E-state index contributed by atoms with van der Waals surface area (Å²) in [5.74, 6) is -0.515. The average molecular weight is 517 g/mol. The van der Waals surface area contributed by atoms with Crippen molar-refractivity contribution in [3.05, 3.63) is 96.6 Å². The van der Waals surface area contributed by atoms with Crippen molar-refractivity contribution in [2.45, 2.75) is 31.2 Å². The van der Waals surface area contributed by atoms with E-state index in [0.717, 1.165) is 0 Å². The predicted octanol–water partition coefficient (Wildman–Crippen LogP) is 4.15. The molecule has 1 heterocycles. The normalized spacial score (nSPS) is 11.8. The van der Waals surface area contributed by atoms with Gasteiger partial charge in [0.1, 0.15) is 17.9 Å². The molecule has 5 N–H and O–H groups in total. The molecule has 9 nitrogen and oxygen atoms in total. The number of anilines is 1. The molecule has 0 bridgehead atoms. The number of nitrogens with zero attached hydrogens (tertiary/aromatic N) is 2. The Morgan fingerprint density at radius 3 is 2.35 bits per heavy atom. The molecule has 0 fully saturated rings. The van der Waals surface area contributed by atoms with Crippen LogP contribution < -0.4 is 15.8 Å². The highest BCUT2D eigenvalue weighted by atomic mass is 32.2. The maximum atomic E-state index is 13.2. The van der Waals surface area contributed by atoms with E-state index in [4.69, 9.17) is 11.1 Å². The standard InChI is InChI=1S/C27H28N6O3S/c1-27(2,3)32-37(35,36)24-14-7-5-12-21(24)20-11-4-6-13-22(20)31-26(34)23-16-33(17-30-23)19-10-8-9-18(15-19)25(28)29/h4-17,32H,1-3H3,(H3,28,29)(H,31,34). The van der Waals surface area contributed by atoms with Gasteiger partial charge in [0.25, 0.3) is 5.91 Å². The Morgan fingerprint density at radius 2 is 1.65 bits per heavy atom. The third kappa shape index (κ3) is 5.93. The first-order valence-corrected chi connectivity index (χ1v) is 13.0. The lowest BCUT2D eigenvalue weighted by Crippen LogP contribution is -2.40. The fourth-order valence-electron chi connectivity index (χ4n) is 3.81. The van der Waals surface area contributed by atoms with Gasteiger partial charge in [0.15, 0.2) is 0 Å². The van der Waals surface area contributed by atoms with Gasteiger partial charge in [0.2, 0.25) is 10.0 Å². The molecular weight excluding hydrogens is 488 g/mol. The van der Waals surface area contributed by atoms with Crippen molar-refractivity contribution in [2.24, 2.45) is 5.73 Å². The van der Waals surface area contributed by atoms with Crippen molar-refractivity contribution < 1.29 is 13.2 Å². The van der Waals surface area contributed by atoms with Gasteiger partial charge in [-0.25, -0.2) is 18.1 Å². The summed E-state index contributed by atoms with van der Waals surface area (Å²) in [4.78, 5) is 17.5. The molecule has 4 rings (SSSR count). The molecule has 0 aliphatic heterocycles. The van der Waals surface area contributed by atoms with Gasteiger partial charge < -0.3 is 15.6 Å². The molecule has 0 saturated carbocycles. The molecule has 37 heavy (non-hydrogen) atoms. The summed E-state index contributed by atoms with van der Waals surface area (Å²) in [5, 5.41) is 10.5. The largest absolute Gasteiger partial charge is 0.384 e. The zero-order valence-corrected chi connectivity index (χ0v) is 21.5. The molecular formula is C27H28N6O3S. The lowest BCUT2D eigenvalue weighted by atomic mass is 10.0. The second-order valence-electron chi connectivity index (χ2n) is 9.48. The molecule has 0 saturated heterocycles. The van der Waals surface area contributed by atoms with E-state index in [1.165, 1.54) is 6.33 Å². The van der Waals surface area contributed by atoms with Crippen LogP contribution in [-0.4, -0.2) is 35.3 Å². The van der Waals surface area contributed by atoms with Crippen molar-refractivity contribution in [3.63, 3.8) is 0 Å². The van der Waals surface area contributed by atoms with Crippen molar-refractivity contribution in [1.82, 2.24) is 14.3 Å². The second-order valence-corrected chi connectivity index (χ2v) is 11.1. The Labute approximate surface area is 215 Å². The van der Waals surface area contributed by atoms with Gasteiger partial charge in [-0.2, -0.15) is 0 Å². The Balaban J connectivity index is 1.65. The van der Waals surface area contributed by atoms with Gasteiger partial charge in [-0.05, 0) is 45.0 Å². The predicted molar refractivity (Wildman–Crippen MR) is 144 cm³/mol. The van der Waals surface area contributed by atoms with Crippen molar-refractivity contribution in [2.75, 3.05) is 5.32 Å². The third-order valence-corrected chi connectivity index (χ3v) is 7.17. The molecule has 1 amide bonds. The van der Waals surface area contributed by atoms with Crippen LogP contribution in [0.2, 0.25) is 0 Å². The highest BCUT2D eigenvalue weighted by molar-refractivity contribution is 7.89. The molecule has 0 spiro atoms. The maximum Gasteiger partial charge on any atom is 0.275 e. The first-order chi connectivity index (χ1) is 17.4. The van der Waals surface area contributed by atoms with Crippen molar-refractivity contribution in [1.29, 1.82) is 5.41 Å². The topological polar surface area (TPSA) is 143 Å². The minimum Gasteiger partial charge on any atom is -0.384 e. The lowest BCUT2D eigenvalue weighted by molar-refractivity contribution is 0.102. The van der Waals surface area contributed by atoms with Crippen molar-refractivity contribution >= 4 is 27.5 Å². The number of nitrogen functional groups attached to an aromatic ring is 1. The SMILES string of the molecule is CC(C)(C)NS(=O)(=O)c1ccccc1-c1ccccc1NC(=O)c1cn(-c2cccc(C(=N)N)c2)cn1. The number of hydrogen-bond acceptors (Lipinski definition) is 5. The van der Waals surface area contributed by atoms with Crippen LogP contribution in [-0.2, 0) is 10.0 Å². The van der Waals surface area contributed by atoms with E-state index in [9.17, 15) is 13.2 Å². The highest BCUT2D eigenvalue weighted by Gasteiger charge is 2.25. The lowest BCUT2D eigenvalue weighted by Gasteiger charge is -2.22. The first kappa shape index (κ1) is 25.8. The number of carbonyl (C=O) groups excluding carboxylic acids is 1. The van der Waals surface area contributed by atoms with Crippen LogP contribution in [0.3, 0.4) is 0 Å². The van der Waals surface area contributed by atoms with Crippen LogP contribution in [0, 0.1) is 5.41 Å². The minimum atomic E-state index is -3.83. The monoisotopic (exact) mass is 516 g/mol. The van der Waals surface area contributed by atoms with E-state index < -0.39 is 21.5 Å². The number of amides is 1. The molecule has 1 aromatic heterocycles. The summed E-state index contributed by atoms with van der Waals surface area (Å²) >= 11 is 0. The quantitative estimate of drug-likeness (QED) is 0.216. The van der Waals surface area contributed by atoms with Crippen LogP contribution in [0.1, 0.15) is 36.8 Å². The summed E-state index contributed by atoms with van der Waals surface area (Å²) in [6, 6.07) is 20.7. The molecule has 10 heteroatoms. The van der Waals surface area contributed by atoms with Gasteiger partial charge >= 0.3 is 0 Å². The number of benzene rings is 3. The summed E-state index contributed by atoms with van der Waals surface area (Å²) < 4.78 is 30.7. The molecule has 0 aliphatic carbocycles. The zero-order chi connectivity index (χ0) is 26.8. The summed E-state index contributed by atoms with van der Waals surface area (Å²) in [7, 11) is -3.83. The number of hydrogen-bond donors (Lipinski definition) is 4. The smallest absolute Gasteiger partial charge is 0.275 e. The number of para-hydroxylation sites is 1. The summed E-state index contributed by atoms with van der Waals surface area (Å²) in [6.45, 7) is 5.32. The van der Waals surface area contributed by atoms with E-state index in [0.29, 0.717) is 28.1 Å².